The first-order valence-corrected chi connectivity index (χ1v) is 6.60. The standard InChI is InChI=1S/C14H22N2O2/c1-10-4-5-13(15(10)3)14(18)16-8-6-12(7-9-16)11(2)17/h4-5,11-12,17H,6-9H2,1-3H3. The van der Waals surface area contributed by atoms with Crippen LogP contribution in [0.2, 0.25) is 0 Å². The van der Waals surface area contributed by atoms with Gasteiger partial charge in [-0.1, -0.05) is 0 Å². The molecule has 100 valence electrons. The molecule has 0 spiro atoms. The van der Waals surface area contributed by atoms with E-state index < -0.39 is 0 Å². The summed E-state index contributed by atoms with van der Waals surface area (Å²) in [6, 6.07) is 3.86. The van der Waals surface area contributed by atoms with Crippen molar-refractivity contribution in [1.29, 1.82) is 0 Å². The maximum atomic E-state index is 12.4. The summed E-state index contributed by atoms with van der Waals surface area (Å²) < 4.78 is 1.93. The summed E-state index contributed by atoms with van der Waals surface area (Å²) in [6.07, 6.45) is 1.53. The molecule has 0 aliphatic carbocycles. The van der Waals surface area contributed by atoms with E-state index in [9.17, 15) is 9.90 Å². The molecule has 4 nitrogen and oxygen atoms in total. The molecule has 1 unspecified atom stereocenters. The molecule has 4 heteroatoms. The highest BCUT2D eigenvalue weighted by Crippen LogP contribution is 2.22. The van der Waals surface area contributed by atoms with Gasteiger partial charge in [-0.3, -0.25) is 4.79 Å². The number of carbonyl (C=O) groups is 1. The molecule has 0 saturated carbocycles. The number of piperidine rings is 1. The van der Waals surface area contributed by atoms with Gasteiger partial charge in [-0.25, -0.2) is 0 Å². The first-order valence-electron chi connectivity index (χ1n) is 6.60. The Morgan fingerprint density at radius 1 is 1.39 bits per heavy atom. The first kappa shape index (κ1) is 13.1. The van der Waals surface area contributed by atoms with Gasteiger partial charge in [0.05, 0.1) is 6.10 Å². The molecule has 1 N–H and O–H groups in total. The predicted octanol–water partition coefficient (Wildman–Crippen LogP) is 1.57. The third-order valence-electron chi connectivity index (χ3n) is 4.10. The van der Waals surface area contributed by atoms with Crippen LogP contribution in [0.25, 0.3) is 0 Å². The van der Waals surface area contributed by atoms with E-state index in [-0.39, 0.29) is 12.0 Å². The number of aryl methyl sites for hydroxylation is 1. The molecular weight excluding hydrogens is 228 g/mol. The Bertz CT molecular complexity index is 429. The van der Waals surface area contributed by atoms with Gasteiger partial charge in [0.1, 0.15) is 5.69 Å². The maximum absolute atomic E-state index is 12.4. The summed E-state index contributed by atoms with van der Waals surface area (Å²) in [5.41, 5.74) is 1.85. The third-order valence-corrected chi connectivity index (χ3v) is 4.10. The predicted molar refractivity (Wildman–Crippen MR) is 70.5 cm³/mol. The average Bonchev–Trinajstić information content (AvgIpc) is 2.69. The van der Waals surface area contributed by atoms with E-state index in [0.717, 1.165) is 37.3 Å². The summed E-state index contributed by atoms with van der Waals surface area (Å²) in [5.74, 6) is 0.443. The van der Waals surface area contributed by atoms with Crippen LogP contribution in [0.15, 0.2) is 12.1 Å². The molecule has 1 amide bonds. The van der Waals surface area contributed by atoms with Crippen LogP contribution in [0.1, 0.15) is 35.9 Å². The quantitative estimate of drug-likeness (QED) is 0.866. The van der Waals surface area contributed by atoms with Gasteiger partial charge in [0.15, 0.2) is 0 Å². The monoisotopic (exact) mass is 250 g/mol. The molecule has 1 aromatic heterocycles. The first-order chi connectivity index (χ1) is 8.50. The van der Waals surface area contributed by atoms with E-state index in [1.807, 2.05) is 42.5 Å². The number of hydrogen-bond donors (Lipinski definition) is 1. The van der Waals surface area contributed by atoms with Crippen molar-refractivity contribution in [2.75, 3.05) is 13.1 Å². The molecule has 1 aliphatic rings. The van der Waals surface area contributed by atoms with Crippen molar-refractivity contribution in [2.24, 2.45) is 13.0 Å². The zero-order valence-electron chi connectivity index (χ0n) is 11.4. The molecule has 0 radical (unpaired) electrons. The topological polar surface area (TPSA) is 45.5 Å². The second kappa shape index (κ2) is 5.14. The Morgan fingerprint density at radius 2 is 2.00 bits per heavy atom. The van der Waals surface area contributed by atoms with E-state index in [1.54, 1.807) is 0 Å². The lowest BCUT2D eigenvalue weighted by atomic mass is 9.92. The molecule has 1 aromatic rings. The Balaban J connectivity index is 2.02. The number of amides is 1. The molecule has 0 aromatic carbocycles. The molecule has 1 fully saturated rings. The van der Waals surface area contributed by atoms with Crippen molar-refractivity contribution in [3.8, 4) is 0 Å². The Hall–Kier alpha value is -1.29. The van der Waals surface area contributed by atoms with Crippen LogP contribution in [-0.4, -0.2) is 39.7 Å². The van der Waals surface area contributed by atoms with Gasteiger partial charge < -0.3 is 14.6 Å². The fourth-order valence-electron chi connectivity index (χ4n) is 2.57. The van der Waals surface area contributed by atoms with E-state index in [4.69, 9.17) is 0 Å². The van der Waals surface area contributed by atoms with Crippen molar-refractivity contribution in [2.45, 2.75) is 32.8 Å². The molecule has 2 heterocycles. The Morgan fingerprint density at radius 3 is 2.44 bits per heavy atom. The van der Waals surface area contributed by atoms with E-state index >= 15 is 0 Å². The van der Waals surface area contributed by atoms with Crippen molar-refractivity contribution < 1.29 is 9.90 Å². The normalized spacial score (nSPS) is 19.0. The molecule has 1 saturated heterocycles. The zero-order valence-corrected chi connectivity index (χ0v) is 11.4. The molecule has 18 heavy (non-hydrogen) atoms. The van der Waals surface area contributed by atoms with Crippen LogP contribution >= 0.6 is 0 Å². The number of rotatable bonds is 2. The Labute approximate surface area is 108 Å². The van der Waals surface area contributed by atoms with Crippen molar-refractivity contribution >= 4 is 5.91 Å². The summed E-state index contributed by atoms with van der Waals surface area (Å²) in [4.78, 5) is 14.2. The molecule has 2 rings (SSSR count). The van der Waals surface area contributed by atoms with Crippen molar-refractivity contribution in [3.63, 3.8) is 0 Å². The highest BCUT2D eigenvalue weighted by molar-refractivity contribution is 5.93. The van der Waals surface area contributed by atoms with E-state index in [0.29, 0.717) is 5.92 Å². The molecule has 1 aliphatic heterocycles. The Kier molecular flexibility index (Phi) is 3.76. The molecule has 1 atom stereocenters. The van der Waals surface area contributed by atoms with Crippen LogP contribution in [0.3, 0.4) is 0 Å². The zero-order chi connectivity index (χ0) is 13.3. The number of aromatic nitrogens is 1. The third kappa shape index (κ3) is 2.43. The van der Waals surface area contributed by atoms with Crippen molar-refractivity contribution in [1.82, 2.24) is 9.47 Å². The van der Waals surface area contributed by atoms with Gasteiger partial charge in [0.2, 0.25) is 0 Å². The average molecular weight is 250 g/mol. The van der Waals surface area contributed by atoms with Gasteiger partial charge in [-0.15, -0.1) is 0 Å². The fourth-order valence-corrected chi connectivity index (χ4v) is 2.57. The smallest absolute Gasteiger partial charge is 0.270 e. The summed E-state index contributed by atoms with van der Waals surface area (Å²) >= 11 is 0. The van der Waals surface area contributed by atoms with E-state index in [1.165, 1.54) is 0 Å². The lowest BCUT2D eigenvalue weighted by molar-refractivity contribution is 0.0514. The van der Waals surface area contributed by atoms with Gasteiger partial charge in [0.25, 0.3) is 5.91 Å². The van der Waals surface area contributed by atoms with Crippen molar-refractivity contribution in [3.05, 3.63) is 23.5 Å². The van der Waals surface area contributed by atoms with Gasteiger partial charge in [-0.05, 0) is 44.7 Å². The fraction of sp³-hybridized carbons (Fsp3) is 0.643. The van der Waals surface area contributed by atoms with Crippen LogP contribution < -0.4 is 0 Å². The maximum Gasteiger partial charge on any atom is 0.270 e. The number of aliphatic hydroxyl groups excluding tert-OH is 1. The SMILES string of the molecule is Cc1ccc(C(=O)N2CCC(C(C)O)CC2)n1C. The molecular formula is C14H22N2O2. The van der Waals surface area contributed by atoms with Crippen LogP contribution in [0.5, 0.6) is 0 Å². The lowest BCUT2D eigenvalue weighted by Crippen LogP contribution is -2.41. The summed E-state index contributed by atoms with van der Waals surface area (Å²) in [7, 11) is 1.92. The minimum absolute atomic E-state index is 0.106. The molecule has 0 bridgehead atoms. The van der Waals surface area contributed by atoms with Crippen LogP contribution in [-0.2, 0) is 7.05 Å². The minimum atomic E-state index is -0.264. The summed E-state index contributed by atoms with van der Waals surface area (Å²) in [5, 5.41) is 9.56. The minimum Gasteiger partial charge on any atom is -0.393 e. The largest absolute Gasteiger partial charge is 0.393 e. The van der Waals surface area contributed by atoms with Gasteiger partial charge in [-0.2, -0.15) is 0 Å². The number of carbonyl (C=O) groups excluding carboxylic acids is 1. The highest BCUT2D eigenvalue weighted by Gasteiger charge is 2.27. The van der Waals surface area contributed by atoms with Crippen LogP contribution in [0.4, 0.5) is 0 Å². The second-order valence-electron chi connectivity index (χ2n) is 5.29. The van der Waals surface area contributed by atoms with Gasteiger partial charge >= 0.3 is 0 Å². The number of hydrogen-bond acceptors (Lipinski definition) is 2. The number of aliphatic hydroxyl groups is 1. The van der Waals surface area contributed by atoms with E-state index in [2.05, 4.69) is 0 Å². The summed E-state index contributed by atoms with van der Waals surface area (Å²) in [6.45, 7) is 5.33. The highest BCUT2D eigenvalue weighted by atomic mass is 16.3. The second-order valence-corrected chi connectivity index (χ2v) is 5.29. The number of nitrogens with zero attached hydrogens (tertiary/aromatic N) is 2. The number of likely N-dealkylation sites (tertiary alicyclic amines) is 1. The lowest BCUT2D eigenvalue weighted by Gasteiger charge is -2.33. The van der Waals surface area contributed by atoms with Crippen LogP contribution in [0, 0.1) is 12.8 Å². The van der Waals surface area contributed by atoms with Gasteiger partial charge in [0, 0.05) is 25.8 Å².